The molecule has 9 heteroatoms. The molecule has 2 aromatic rings. The third kappa shape index (κ3) is 5.73. The van der Waals surface area contributed by atoms with Gasteiger partial charge in [-0.05, 0) is 67.6 Å². The smallest absolute Gasteiger partial charge is 0.355 e. The van der Waals surface area contributed by atoms with Crippen LogP contribution in [0, 0.1) is 5.92 Å². The molecule has 0 radical (unpaired) electrons. The zero-order valence-corrected chi connectivity index (χ0v) is 20.6. The number of fused-ring (bicyclic) bond motifs is 1. The Hall–Kier alpha value is -3.33. The normalized spacial score (nSPS) is 16.7. The van der Waals surface area contributed by atoms with Gasteiger partial charge in [-0.25, -0.2) is 10.1 Å². The predicted molar refractivity (Wildman–Crippen MR) is 133 cm³/mol. The van der Waals surface area contributed by atoms with Gasteiger partial charge in [-0.2, -0.15) is 13.2 Å². The van der Waals surface area contributed by atoms with Crippen LogP contribution in [0.25, 0.3) is 0 Å². The lowest BCUT2D eigenvalue weighted by atomic mass is 9.97. The maximum atomic E-state index is 13.3. The highest BCUT2D eigenvalue weighted by Gasteiger charge is 2.33. The summed E-state index contributed by atoms with van der Waals surface area (Å²) in [5.74, 6) is 0.241. The van der Waals surface area contributed by atoms with Crippen LogP contribution in [0.5, 0.6) is 0 Å². The summed E-state index contributed by atoms with van der Waals surface area (Å²) in [5, 5.41) is 14.9. The number of carbonyl (C=O) groups excluding carboxylic acids is 1. The fraction of sp³-hybridized carbons (Fsp3) is 0.407. The number of allylic oxidation sites excluding steroid dienone is 1. The molecule has 1 amide bonds. The molecule has 1 fully saturated rings. The number of hydrogen-bond donors (Lipinski definition) is 2. The van der Waals surface area contributed by atoms with Crippen molar-refractivity contribution in [3.05, 3.63) is 70.9 Å². The first-order valence-electron chi connectivity index (χ1n) is 12.2. The summed E-state index contributed by atoms with van der Waals surface area (Å²) < 4.78 is 38.6. The van der Waals surface area contributed by atoms with Crippen LogP contribution < -0.4 is 5.32 Å². The van der Waals surface area contributed by atoms with Crippen LogP contribution in [0.15, 0.2) is 59.2 Å². The van der Waals surface area contributed by atoms with Crippen LogP contribution in [0.3, 0.4) is 0 Å². The van der Waals surface area contributed by atoms with Crippen LogP contribution in [0.1, 0.15) is 50.3 Å². The topological polar surface area (TPSA) is 68.2 Å². The van der Waals surface area contributed by atoms with E-state index >= 15 is 0 Å². The van der Waals surface area contributed by atoms with E-state index in [4.69, 9.17) is 0 Å². The standard InChI is InChI=1S/C27H31F3N4O2/c1-4-23(32-25(17(2)3)34(36)21-12-13-21)26(35)33-15-14-22-18(16-33)6-5-7-24(22)31-20-10-8-19(9-11-20)27(28,29)30/h4-11,17,21,31,36H,12-16H2,1-3H3/b23-4-,32-25?. The summed E-state index contributed by atoms with van der Waals surface area (Å²) in [6, 6.07) is 10.7. The van der Waals surface area contributed by atoms with Crippen LogP contribution in [-0.4, -0.2) is 39.5 Å². The van der Waals surface area contributed by atoms with Crippen molar-refractivity contribution < 1.29 is 23.2 Å². The maximum Gasteiger partial charge on any atom is 0.416 e. The Balaban J connectivity index is 1.49. The lowest BCUT2D eigenvalue weighted by molar-refractivity contribution is -0.137. The fourth-order valence-corrected chi connectivity index (χ4v) is 4.27. The van der Waals surface area contributed by atoms with Crippen molar-refractivity contribution in [2.75, 3.05) is 11.9 Å². The molecule has 4 rings (SSSR count). The maximum absolute atomic E-state index is 13.3. The van der Waals surface area contributed by atoms with Crippen LogP contribution in [0.2, 0.25) is 0 Å². The van der Waals surface area contributed by atoms with Gasteiger partial charge in [-0.15, -0.1) is 0 Å². The summed E-state index contributed by atoms with van der Waals surface area (Å²) >= 11 is 0. The number of nitrogens with zero attached hydrogens (tertiary/aromatic N) is 3. The predicted octanol–water partition coefficient (Wildman–Crippen LogP) is 6.15. The Labute approximate surface area is 209 Å². The minimum Gasteiger partial charge on any atom is -0.355 e. The number of anilines is 2. The van der Waals surface area contributed by atoms with Gasteiger partial charge in [0.15, 0.2) is 0 Å². The van der Waals surface area contributed by atoms with Crippen LogP contribution >= 0.6 is 0 Å². The van der Waals surface area contributed by atoms with E-state index in [9.17, 15) is 23.2 Å². The molecule has 0 bridgehead atoms. The molecular formula is C27H31F3N4O2. The third-order valence-corrected chi connectivity index (χ3v) is 6.42. The minimum atomic E-state index is -4.38. The van der Waals surface area contributed by atoms with E-state index in [2.05, 4.69) is 10.3 Å². The van der Waals surface area contributed by atoms with Crippen molar-refractivity contribution in [3.8, 4) is 0 Å². The van der Waals surface area contributed by atoms with E-state index in [0.29, 0.717) is 36.7 Å². The molecular weight excluding hydrogens is 469 g/mol. The van der Waals surface area contributed by atoms with Crippen LogP contribution in [0.4, 0.5) is 24.5 Å². The molecule has 6 nitrogen and oxygen atoms in total. The second kappa shape index (κ2) is 10.3. The number of carbonyl (C=O) groups is 1. The van der Waals surface area contributed by atoms with E-state index in [1.54, 1.807) is 17.9 Å². The van der Waals surface area contributed by atoms with E-state index in [1.807, 2.05) is 32.0 Å². The molecule has 0 unspecified atom stereocenters. The number of halogens is 3. The van der Waals surface area contributed by atoms with E-state index in [0.717, 1.165) is 41.8 Å². The fourth-order valence-electron chi connectivity index (χ4n) is 4.27. The van der Waals surface area contributed by atoms with Gasteiger partial charge in [-0.1, -0.05) is 32.1 Å². The first-order chi connectivity index (χ1) is 17.1. The second-order valence-electron chi connectivity index (χ2n) is 9.49. The van der Waals surface area contributed by atoms with Crippen molar-refractivity contribution in [1.29, 1.82) is 0 Å². The van der Waals surface area contributed by atoms with Gasteiger partial charge in [-0.3, -0.25) is 10.0 Å². The zero-order valence-electron chi connectivity index (χ0n) is 20.6. The molecule has 2 aliphatic rings. The largest absolute Gasteiger partial charge is 0.416 e. The Bertz CT molecular complexity index is 1170. The number of rotatable bonds is 6. The highest BCUT2D eigenvalue weighted by Crippen LogP contribution is 2.33. The minimum absolute atomic E-state index is 0.0423. The molecule has 36 heavy (non-hydrogen) atoms. The van der Waals surface area contributed by atoms with Crippen molar-refractivity contribution in [1.82, 2.24) is 9.96 Å². The van der Waals surface area contributed by atoms with Gasteiger partial charge in [0.1, 0.15) is 11.5 Å². The first kappa shape index (κ1) is 25.8. The number of nitrogens with one attached hydrogen (secondary N) is 1. The summed E-state index contributed by atoms with van der Waals surface area (Å²) in [5.41, 5.74) is 2.97. The van der Waals surface area contributed by atoms with Gasteiger partial charge in [0.05, 0.1) is 11.6 Å². The number of alkyl halides is 3. The van der Waals surface area contributed by atoms with Crippen LogP contribution in [-0.2, 0) is 23.9 Å². The third-order valence-electron chi connectivity index (χ3n) is 6.42. The van der Waals surface area contributed by atoms with Crippen molar-refractivity contribution in [3.63, 3.8) is 0 Å². The van der Waals surface area contributed by atoms with Crippen molar-refractivity contribution in [2.45, 2.75) is 58.8 Å². The summed E-state index contributed by atoms with van der Waals surface area (Å²) in [6.07, 6.45) is -0.291. The Morgan fingerprint density at radius 2 is 1.89 bits per heavy atom. The Kier molecular flexibility index (Phi) is 7.40. The summed E-state index contributed by atoms with van der Waals surface area (Å²) in [4.78, 5) is 19.6. The number of aliphatic imine (C=N–C) groups is 1. The molecule has 1 aliphatic carbocycles. The average Bonchev–Trinajstić information content (AvgIpc) is 3.69. The van der Waals surface area contributed by atoms with Gasteiger partial charge >= 0.3 is 6.18 Å². The van der Waals surface area contributed by atoms with Gasteiger partial charge in [0, 0.05) is 30.4 Å². The van der Waals surface area contributed by atoms with Gasteiger partial charge in [0.2, 0.25) is 0 Å². The molecule has 0 aromatic heterocycles. The highest BCUT2D eigenvalue weighted by atomic mass is 19.4. The zero-order chi connectivity index (χ0) is 26.0. The number of hydroxylamine groups is 2. The van der Waals surface area contributed by atoms with Crippen molar-refractivity contribution >= 4 is 23.1 Å². The molecule has 0 atom stereocenters. The summed E-state index contributed by atoms with van der Waals surface area (Å²) in [7, 11) is 0. The number of amidine groups is 1. The van der Waals surface area contributed by atoms with Gasteiger partial charge < -0.3 is 10.2 Å². The second-order valence-corrected chi connectivity index (χ2v) is 9.49. The monoisotopic (exact) mass is 500 g/mol. The lowest BCUT2D eigenvalue weighted by Crippen LogP contribution is -2.38. The van der Waals surface area contributed by atoms with E-state index in [1.165, 1.54) is 17.2 Å². The summed E-state index contributed by atoms with van der Waals surface area (Å²) in [6.45, 7) is 6.51. The van der Waals surface area contributed by atoms with E-state index < -0.39 is 11.7 Å². The van der Waals surface area contributed by atoms with Gasteiger partial charge in [0.25, 0.3) is 5.91 Å². The molecule has 192 valence electrons. The number of benzene rings is 2. The number of hydrogen-bond acceptors (Lipinski definition) is 4. The molecule has 1 saturated carbocycles. The Morgan fingerprint density at radius 3 is 2.47 bits per heavy atom. The molecule has 1 aliphatic heterocycles. The Morgan fingerprint density at radius 1 is 1.19 bits per heavy atom. The molecule has 1 heterocycles. The number of amides is 1. The molecule has 2 aromatic carbocycles. The molecule has 0 saturated heterocycles. The lowest BCUT2D eigenvalue weighted by Gasteiger charge is -2.31. The SMILES string of the molecule is C/C=C(\N=C(C(C)C)N(O)C1CC1)C(=O)N1CCc2c(cccc2Nc2ccc(C(F)(F)F)cc2)C1. The highest BCUT2D eigenvalue weighted by molar-refractivity contribution is 5.97. The average molecular weight is 501 g/mol. The first-order valence-corrected chi connectivity index (χ1v) is 12.2. The van der Waals surface area contributed by atoms with Crippen molar-refractivity contribution in [2.24, 2.45) is 10.9 Å². The molecule has 2 N–H and O–H groups in total. The quantitative estimate of drug-likeness (QED) is 0.216. The molecule has 0 spiro atoms. The van der Waals surface area contributed by atoms with E-state index in [-0.39, 0.29) is 17.9 Å².